The lowest BCUT2D eigenvalue weighted by Crippen LogP contribution is -2.33. The quantitative estimate of drug-likeness (QED) is 0.456. The molecule has 32 heavy (non-hydrogen) atoms. The van der Waals surface area contributed by atoms with Gasteiger partial charge in [0.2, 0.25) is 0 Å². The average molecular weight is 428 g/mol. The third-order valence-electron chi connectivity index (χ3n) is 5.55. The van der Waals surface area contributed by atoms with E-state index in [1.807, 2.05) is 37.3 Å². The van der Waals surface area contributed by atoms with Gasteiger partial charge in [-0.3, -0.25) is 9.36 Å². The molecule has 1 fully saturated rings. The van der Waals surface area contributed by atoms with Crippen LogP contribution in [0.15, 0.2) is 65.7 Å². The number of aromatic nitrogens is 5. The van der Waals surface area contributed by atoms with Gasteiger partial charge in [-0.1, -0.05) is 35.5 Å². The van der Waals surface area contributed by atoms with E-state index in [4.69, 9.17) is 4.52 Å². The number of aryl methyl sites for hydroxylation is 1. The highest BCUT2D eigenvalue weighted by Crippen LogP contribution is 2.38. The summed E-state index contributed by atoms with van der Waals surface area (Å²) in [7, 11) is 0. The smallest absolute Gasteiger partial charge is 0.271 e. The summed E-state index contributed by atoms with van der Waals surface area (Å²) in [4.78, 5) is 25.7. The second-order valence-corrected chi connectivity index (χ2v) is 8.20. The van der Waals surface area contributed by atoms with E-state index in [0.29, 0.717) is 23.3 Å². The first-order chi connectivity index (χ1) is 15.7. The van der Waals surface area contributed by atoms with Crippen molar-refractivity contribution in [2.24, 2.45) is 0 Å². The molecule has 0 aliphatic heterocycles. The zero-order valence-corrected chi connectivity index (χ0v) is 17.8. The SMILES string of the molecule is CC(CCc1ccccc1)NC(=O)c1cn(-c2ccc(-c3nc(C4CC4)no3)cn2)cn1. The average Bonchev–Trinajstić information content (AvgIpc) is 3.34. The second-order valence-electron chi connectivity index (χ2n) is 8.20. The number of carbonyl (C=O) groups is 1. The van der Waals surface area contributed by atoms with Crippen molar-refractivity contribution in [3.8, 4) is 17.3 Å². The summed E-state index contributed by atoms with van der Waals surface area (Å²) in [6.07, 6.45) is 8.97. The topological polar surface area (TPSA) is 98.7 Å². The van der Waals surface area contributed by atoms with Gasteiger partial charge in [-0.15, -0.1) is 0 Å². The molecule has 1 atom stereocenters. The van der Waals surface area contributed by atoms with Crippen molar-refractivity contribution in [2.45, 2.75) is 44.6 Å². The van der Waals surface area contributed by atoms with Gasteiger partial charge in [0.05, 0.1) is 5.56 Å². The lowest BCUT2D eigenvalue weighted by molar-refractivity contribution is 0.0934. The minimum atomic E-state index is -0.195. The van der Waals surface area contributed by atoms with Gasteiger partial charge in [0.25, 0.3) is 11.8 Å². The van der Waals surface area contributed by atoms with E-state index >= 15 is 0 Å². The number of nitrogens with zero attached hydrogens (tertiary/aromatic N) is 5. The molecule has 1 aliphatic carbocycles. The number of nitrogens with one attached hydrogen (secondary N) is 1. The van der Waals surface area contributed by atoms with Gasteiger partial charge in [-0.2, -0.15) is 4.98 Å². The Morgan fingerprint density at radius 2 is 2.03 bits per heavy atom. The monoisotopic (exact) mass is 428 g/mol. The molecule has 3 aromatic heterocycles. The Morgan fingerprint density at radius 3 is 2.78 bits per heavy atom. The number of imidazole rings is 1. The standard InChI is InChI=1S/C24H24N6O2/c1-16(7-8-17-5-3-2-4-6-17)27-23(31)20-14-30(15-26-20)21-12-11-19(13-25-21)24-28-22(29-32-24)18-9-10-18/h2-6,11-16,18H,7-10H2,1H3,(H,27,31). The Bertz CT molecular complexity index is 1190. The molecule has 0 spiro atoms. The lowest BCUT2D eigenvalue weighted by atomic mass is 10.1. The highest BCUT2D eigenvalue weighted by molar-refractivity contribution is 5.92. The van der Waals surface area contributed by atoms with Gasteiger partial charge < -0.3 is 9.84 Å². The molecule has 8 heteroatoms. The van der Waals surface area contributed by atoms with Crippen molar-refractivity contribution in [3.05, 3.63) is 78.3 Å². The Kier molecular flexibility index (Phi) is 5.49. The minimum Gasteiger partial charge on any atom is -0.348 e. The van der Waals surface area contributed by atoms with Crippen LogP contribution in [0.5, 0.6) is 0 Å². The lowest BCUT2D eigenvalue weighted by Gasteiger charge is -2.12. The molecule has 162 valence electrons. The molecule has 1 amide bonds. The molecule has 0 saturated heterocycles. The zero-order chi connectivity index (χ0) is 21.9. The van der Waals surface area contributed by atoms with Crippen molar-refractivity contribution >= 4 is 5.91 Å². The van der Waals surface area contributed by atoms with Crippen molar-refractivity contribution in [1.82, 2.24) is 30.0 Å². The highest BCUT2D eigenvalue weighted by atomic mass is 16.5. The first-order valence-electron chi connectivity index (χ1n) is 10.8. The molecule has 4 aromatic rings. The number of amides is 1. The molecule has 5 rings (SSSR count). The summed E-state index contributed by atoms with van der Waals surface area (Å²) in [5, 5.41) is 7.05. The summed E-state index contributed by atoms with van der Waals surface area (Å²) in [5.41, 5.74) is 2.38. The third-order valence-corrected chi connectivity index (χ3v) is 5.55. The molecule has 0 bridgehead atoms. The molecule has 1 unspecified atom stereocenters. The van der Waals surface area contributed by atoms with E-state index < -0.39 is 0 Å². The number of rotatable bonds is 8. The molecule has 1 N–H and O–H groups in total. The van der Waals surface area contributed by atoms with Crippen molar-refractivity contribution < 1.29 is 9.32 Å². The number of carbonyl (C=O) groups excluding carboxylic acids is 1. The van der Waals surface area contributed by atoms with Crippen LogP contribution in [-0.2, 0) is 6.42 Å². The molecule has 1 aliphatic rings. The summed E-state index contributed by atoms with van der Waals surface area (Å²) in [6, 6.07) is 14.0. The van der Waals surface area contributed by atoms with E-state index in [-0.39, 0.29) is 11.9 Å². The van der Waals surface area contributed by atoms with Crippen LogP contribution < -0.4 is 5.32 Å². The summed E-state index contributed by atoms with van der Waals surface area (Å²) >= 11 is 0. The number of pyridine rings is 1. The van der Waals surface area contributed by atoms with Crippen molar-refractivity contribution in [3.63, 3.8) is 0 Å². The molecule has 8 nitrogen and oxygen atoms in total. The van der Waals surface area contributed by atoms with E-state index in [2.05, 4.69) is 37.6 Å². The van der Waals surface area contributed by atoms with Crippen LogP contribution in [0.1, 0.15) is 54.0 Å². The maximum Gasteiger partial charge on any atom is 0.271 e. The van der Waals surface area contributed by atoms with Gasteiger partial charge in [-0.25, -0.2) is 9.97 Å². The molecule has 1 saturated carbocycles. The Morgan fingerprint density at radius 1 is 1.19 bits per heavy atom. The minimum absolute atomic E-state index is 0.0419. The maximum absolute atomic E-state index is 12.6. The summed E-state index contributed by atoms with van der Waals surface area (Å²) in [5.74, 6) is 2.14. The Labute approximate surface area is 185 Å². The Balaban J connectivity index is 1.19. The number of hydrogen-bond donors (Lipinski definition) is 1. The van der Waals surface area contributed by atoms with Gasteiger partial charge in [0.1, 0.15) is 17.8 Å². The molecule has 0 radical (unpaired) electrons. The van der Waals surface area contributed by atoms with Crippen LogP contribution in [0.2, 0.25) is 0 Å². The predicted molar refractivity (Wildman–Crippen MR) is 118 cm³/mol. The van der Waals surface area contributed by atoms with Crippen LogP contribution in [0.4, 0.5) is 0 Å². The third kappa shape index (κ3) is 4.59. The largest absolute Gasteiger partial charge is 0.348 e. The van der Waals surface area contributed by atoms with E-state index in [9.17, 15) is 4.79 Å². The summed E-state index contributed by atoms with van der Waals surface area (Å²) < 4.78 is 7.06. The van der Waals surface area contributed by atoms with Gasteiger partial charge in [-0.05, 0) is 50.3 Å². The van der Waals surface area contributed by atoms with Crippen LogP contribution in [-0.4, -0.2) is 36.6 Å². The Hall–Kier alpha value is -3.81. The van der Waals surface area contributed by atoms with E-state index in [1.165, 1.54) is 5.56 Å². The van der Waals surface area contributed by atoms with E-state index in [0.717, 1.165) is 37.1 Å². The van der Waals surface area contributed by atoms with E-state index in [1.54, 1.807) is 23.3 Å². The normalized spacial score (nSPS) is 14.3. The number of hydrogen-bond acceptors (Lipinski definition) is 6. The second kappa shape index (κ2) is 8.74. The number of benzene rings is 1. The zero-order valence-electron chi connectivity index (χ0n) is 17.8. The fraction of sp³-hybridized carbons (Fsp3) is 0.292. The van der Waals surface area contributed by atoms with Crippen LogP contribution in [0.25, 0.3) is 17.3 Å². The highest BCUT2D eigenvalue weighted by Gasteiger charge is 2.29. The van der Waals surface area contributed by atoms with Gasteiger partial charge in [0.15, 0.2) is 5.82 Å². The van der Waals surface area contributed by atoms with Crippen LogP contribution >= 0.6 is 0 Å². The first kappa shape index (κ1) is 20.1. The summed E-state index contributed by atoms with van der Waals surface area (Å²) in [6.45, 7) is 2.00. The van der Waals surface area contributed by atoms with Crippen LogP contribution in [0.3, 0.4) is 0 Å². The maximum atomic E-state index is 12.6. The molecule has 1 aromatic carbocycles. The van der Waals surface area contributed by atoms with Crippen LogP contribution in [0, 0.1) is 0 Å². The predicted octanol–water partition coefficient (Wildman–Crippen LogP) is 3.95. The fourth-order valence-corrected chi connectivity index (χ4v) is 3.49. The van der Waals surface area contributed by atoms with Crippen molar-refractivity contribution in [1.29, 1.82) is 0 Å². The molecular formula is C24H24N6O2. The van der Waals surface area contributed by atoms with Gasteiger partial charge in [0, 0.05) is 24.4 Å². The fourth-order valence-electron chi connectivity index (χ4n) is 3.49. The van der Waals surface area contributed by atoms with Gasteiger partial charge >= 0.3 is 0 Å². The molecular weight excluding hydrogens is 404 g/mol. The molecule has 3 heterocycles. The van der Waals surface area contributed by atoms with Crippen molar-refractivity contribution in [2.75, 3.05) is 0 Å². The first-order valence-corrected chi connectivity index (χ1v) is 10.8.